The van der Waals surface area contributed by atoms with Gasteiger partial charge in [0.25, 0.3) is 0 Å². The highest BCUT2D eigenvalue weighted by Crippen LogP contribution is 2.54. The molecule has 2 unspecified atom stereocenters. The van der Waals surface area contributed by atoms with Crippen LogP contribution in [0.4, 0.5) is 0 Å². The van der Waals surface area contributed by atoms with Crippen LogP contribution in [0.2, 0.25) is 0 Å². The first-order chi connectivity index (χ1) is 11.6. The van der Waals surface area contributed by atoms with Crippen LogP contribution in [0.1, 0.15) is 19.4 Å². The molecule has 0 fully saturated rings. The second-order valence-electron chi connectivity index (χ2n) is 7.14. The fraction of sp³-hybridized carbons (Fsp3) is 0.333. The van der Waals surface area contributed by atoms with E-state index in [1.807, 2.05) is 35.7 Å². The molecule has 124 valence electrons. The van der Waals surface area contributed by atoms with E-state index in [1.54, 1.807) is 5.57 Å². The van der Waals surface area contributed by atoms with Crippen molar-refractivity contribution in [3.05, 3.63) is 72.0 Å². The molecule has 1 aromatic rings. The Morgan fingerprint density at radius 2 is 1.96 bits per heavy atom. The van der Waals surface area contributed by atoms with E-state index in [4.69, 9.17) is 0 Å². The molecule has 1 aromatic carbocycles. The molecule has 1 N–H and O–H groups in total. The van der Waals surface area contributed by atoms with Crippen molar-refractivity contribution in [2.45, 2.75) is 24.8 Å². The molecule has 0 aliphatic carbocycles. The zero-order chi connectivity index (χ0) is 16.9. The molecule has 0 spiro atoms. The van der Waals surface area contributed by atoms with E-state index in [0.29, 0.717) is 12.0 Å². The largest absolute Gasteiger partial charge is 0.378 e. The van der Waals surface area contributed by atoms with E-state index in [9.17, 15) is 0 Å². The summed E-state index contributed by atoms with van der Waals surface area (Å²) in [4.78, 5) is 2.92. The first-order valence-corrected chi connectivity index (χ1v) is 10.4. The van der Waals surface area contributed by atoms with Crippen molar-refractivity contribution in [2.24, 2.45) is 11.3 Å². The van der Waals surface area contributed by atoms with Crippen LogP contribution < -0.4 is 5.32 Å². The number of fused-ring (bicyclic) bond motifs is 4. The van der Waals surface area contributed by atoms with Crippen LogP contribution in [0.25, 0.3) is 4.91 Å². The van der Waals surface area contributed by atoms with Gasteiger partial charge in [0.2, 0.25) is 0 Å². The maximum Gasteiger partial charge on any atom is 0.0540 e. The Kier molecular flexibility index (Phi) is 3.97. The fourth-order valence-electron chi connectivity index (χ4n) is 4.23. The van der Waals surface area contributed by atoms with Gasteiger partial charge in [0.15, 0.2) is 0 Å². The van der Waals surface area contributed by atoms with Gasteiger partial charge in [-0.1, -0.05) is 51.3 Å². The van der Waals surface area contributed by atoms with E-state index in [-0.39, 0.29) is 5.41 Å². The predicted molar refractivity (Wildman–Crippen MR) is 108 cm³/mol. The summed E-state index contributed by atoms with van der Waals surface area (Å²) >= 11 is 4.02. The summed E-state index contributed by atoms with van der Waals surface area (Å²) in [7, 11) is 0. The Morgan fingerprint density at radius 3 is 2.71 bits per heavy atom. The van der Waals surface area contributed by atoms with Crippen molar-refractivity contribution in [1.82, 2.24) is 5.32 Å². The van der Waals surface area contributed by atoms with Gasteiger partial charge in [-0.25, -0.2) is 0 Å². The van der Waals surface area contributed by atoms with Gasteiger partial charge >= 0.3 is 0 Å². The first-order valence-electron chi connectivity index (χ1n) is 8.42. The van der Waals surface area contributed by atoms with Crippen LogP contribution in [0, 0.1) is 11.3 Å². The average Bonchev–Trinajstić information content (AvgIpc) is 2.60. The maximum absolute atomic E-state index is 4.06. The highest BCUT2D eigenvalue weighted by Gasteiger charge is 2.47. The second kappa shape index (κ2) is 5.89. The molecule has 0 saturated heterocycles. The lowest BCUT2D eigenvalue weighted by molar-refractivity contribution is 0.230. The van der Waals surface area contributed by atoms with Crippen LogP contribution >= 0.6 is 23.5 Å². The molecule has 2 atom stereocenters. The zero-order valence-electron chi connectivity index (χ0n) is 14.3. The molecule has 3 aliphatic heterocycles. The molecule has 1 nitrogen and oxygen atoms in total. The number of rotatable bonds is 2. The van der Waals surface area contributed by atoms with Crippen molar-refractivity contribution in [3.8, 4) is 0 Å². The maximum atomic E-state index is 4.06. The normalized spacial score (nSPS) is 27.6. The molecule has 0 amide bonds. The van der Waals surface area contributed by atoms with Gasteiger partial charge in [-0.15, -0.1) is 23.5 Å². The summed E-state index contributed by atoms with van der Waals surface area (Å²) in [6.45, 7) is 12.8. The lowest BCUT2D eigenvalue weighted by Crippen LogP contribution is -2.52. The van der Waals surface area contributed by atoms with Crippen LogP contribution in [0.5, 0.6) is 0 Å². The Hall–Kier alpha value is -1.32. The zero-order valence-corrected chi connectivity index (χ0v) is 15.9. The molecule has 3 heteroatoms. The van der Waals surface area contributed by atoms with E-state index in [0.717, 1.165) is 17.2 Å². The van der Waals surface area contributed by atoms with Crippen molar-refractivity contribution in [2.75, 3.05) is 11.5 Å². The summed E-state index contributed by atoms with van der Waals surface area (Å²) in [5, 5.41) is 3.80. The van der Waals surface area contributed by atoms with E-state index in [1.165, 1.54) is 20.9 Å². The van der Waals surface area contributed by atoms with Crippen molar-refractivity contribution in [3.63, 3.8) is 0 Å². The fourth-order valence-corrected chi connectivity index (χ4v) is 7.20. The average molecular weight is 354 g/mol. The molecule has 3 aliphatic rings. The van der Waals surface area contributed by atoms with Crippen LogP contribution in [-0.4, -0.2) is 17.5 Å². The van der Waals surface area contributed by atoms with Gasteiger partial charge in [-0.05, 0) is 28.7 Å². The third-order valence-corrected chi connectivity index (χ3v) is 8.04. The van der Waals surface area contributed by atoms with Gasteiger partial charge in [0.1, 0.15) is 0 Å². The minimum absolute atomic E-state index is 0.106. The summed E-state index contributed by atoms with van der Waals surface area (Å²) < 4.78 is 0. The second-order valence-corrected chi connectivity index (χ2v) is 9.18. The van der Waals surface area contributed by atoms with Gasteiger partial charge in [-0.2, -0.15) is 0 Å². The molecule has 0 radical (unpaired) electrons. The van der Waals surface area contributed by atoms with Crippen LogP contribution in [-0.2, 0) is 0 Å². The summed E-state index contributed by atoms with van der Waals surface area (Å²) in [6, 6.07) is 9.22. The highest BCUT2D eigenvalue weighted by atomic mass is 32.2. The summed E-state index contributed by atoms with van der Waals surface area (Å²) in [5.74, 6) is 2.80. The van der Waals surface area contributed by atoms with Crippen LogP contribution in [0.15, 0.2) is 71.3 Å². The van der Waals surface area contributed by atoms with Gasteiger partial charge in [-0.3, -0.25) is 0 Å². The number of thioether (sulfide) groups is 2. The minimum atomic E-state index is 0.106. The Morgan fingerprint density at radius 1 is 1.17 bits per heavy atom. The lowest BCUT2D eigenvalue weighted by atomic mass is 9.66. The van der Waals surface area contributed by atoms with Gasteiger partial charge in [0.05, 0.1) is 6.04 Å². The number of hydrogen-bond donors (Lipinski definition) is 1. The topological polar surface area (TPSA) is 12.0 Å². The standard InChI is InChI=1S/C21H23NS2/c1-5-15-17(6-2)22-19-14-11-23-18-10-8-7-9-13(18)20(14)24-12-16(19)21(15,3)4/h5-10,16,19,22H,1-2,11-12H2,3-4H3. The van der Waals surface area contributed by atoms with Crippen LogP contribution in [0.3, 0.4) is 0 Å². The first kappa shape index (κ1) is 16.2. The molecule has 0 bridgehead atoms. The van der Waals surface area contributed by atoms with Crippen molar-refractivity contribution < 1.29 is 0 Å². The lowest BCUT2D eigenvalue weighted by Gasteiger charge is -2.50. The number of nitrogens with one attached hydrogen (secondary N) is 1. The SMILES string of the molecule is C=CC1=C(C=C)C(C)(C)C2CSC3=C(CSc4ccccc43)C2N1. The number of allylic oxidation sites excluding steroid dienone is 3. The summed E-state index contributed by atoms with van der Waals surface area (Å²) in [6.07, 6.45) is 3.97. The van der Waals surface area contributed by atoms with Crippen molar-refractivity contribution in [1.29, 1.82) is 0 Å². The molecule has 0 saturated carbocycles. The Balaban J connectivity index is 1.84. The molecule has 3 heterocycles. The Bertz CT molecular complexity index is 785. The van der Waals surface area contributed by atoms with E-state index >= 15 is 0 Å². The minimum Gasteiger partial charge on any atom is -0.378 e. The quantitative estimate of drug-likeness (QED) is 0.755. The highest BCUT2D eigenvalue weighted by molar-refractivity contribution is 8.08. The van der Waals surface area contributed by atoms with Crippen molar-refractivity contribution >= 4 is 28.4 Å². The summed E-state index contributed by atoms with van der Waals surface area (Å²) in [5.41, 5.74) is 5.54. The molecular formula is C21H23NS2. The molecular weight excluding hydrogens is 330 g/mol. The molecule has 24 heavy (non-hydrogen) atoms. The van der Waals surface area contributed by atoms with E-state index in [2.05, 4.69) is 56.6 Å². The number of hydrogen-bond acceptors (Lipinski definition) is 3. The smallest absolute Gasteiger partial charge is 0.0540 e. The van der Waals surface area contributed by atoms with Gasteiger partial charge < -0.3 is 5.32 Å². The molecule has 4 rings (SSSR count). The predicted octanol–water partition coefficient (Wildman–Crippen LogP) is 5.49. The van der Waals surface area contributed by atoms with E-state index < -0.39 is 0 Å². The molecule has 0 aromatic heterocycles. The van der Waals surface area contributed by atoms with Gasteiger partial charge in [0, 0.05) is 38.5 Å². The third kappa shape index (κ3) is 2.25. The monoisotopic (exact) mass is 353 g/mol. The third-order valence-electron chi connectivity index (χ3n) is 5.62. The Labute approximate surface area is 153 Å². The number of benzene rings is 1.